The molecule has 0 aliphatic rings. The molecule has 0 radical (unpaired) electrons. The normalized spacial score (nSPS) is 11.1. The van der Waals surface area contributed by atoms with Gasteiger partial charge in [0.2, 0.25) is 0 Å². The molecule has 4 heteroatoms. The molecular formula is C20H21N3O. The van der Waals surface area contributed by atoms with Crippen molar-refractivity contribution >= 4 is 11.9 Å². The van der Waals surface area contributed by atoms with Crippen LogP contribution in [0.5, 0.6) is 5.75 Å². The molecule has 0 saturated carbocycles. The largest absolute Gasteiger partial charge is 0.494 e. The molecular weight excluding hydrogens is 298 g/mol. The summed E-state index contributed by atoms with van der Waals surface area (Å²) < 4.78 is 7.74. The lowest BCUT2D eigenvalue weighted by Gasteiger charge is -2.10. The highest BCUT2D eigenvalue weighted by Crippen LogP contribution is 2.22. The molecule has 0 fully saturated rings. The Labute approximate surface area is 142 Å². The summed E-state index contributed by atoms with van der Waals surface area (Å²) in [5.41, 5.74) is 5.40. The maximum atomic E-state index is 5.51. The number of pyridine rings is 1. The van der Waals surface area contributed by atoms with Crippen molar-refractivity contribution in [1.29, 1.82) is 0 Å². The number of aryl methyl sites for hydroxylation is 1. The third kappa shape index (κ3) is 3.38. The second-order valence-electron chi connectivity index (χ2n) is 5.56. The molecule has 2 aromatic heterocycles. The summed E-state index contributed by atoms with van der Waals surface area (Å²) in [4.78, 5) is 8.59. The Morgan fingerprint density at radius 1 is 1.17 bits per heavy atom. The highest BCUT2D eigenvalue weighted by atomic mass is 16.5. The van der Waals surface area contributed by atoms with E-state index in [4.69, 9.17) is 4.74 Å². The lowest BCUT2D eigenvalue weighted by atomic mass is 10.2. The minimum absolute atomic E-state index is 0.676. The summed E-state index contributed by atoms with van der Waals surface area (Å²) in [6.45, 7) is 6.87. The van der Waals surface area contributed by atoms with Gasteiger partial charge in [0, 0.05) is 35.1 Å². The molecule has 4 nitrogen and oxygen atoms in total. The van der Waals surface area contributed by atoms with E-state index in [0.717, 1.165) is 28.4 Å². The van der Waals surface area contributed by atoms with E-state index in [0.29, 0.717) is 6.61 Å². The minimum atomic E-state index is 0.676. The summed E-state index contributed by atoms with van der Waals surface area (Å²) in [6.07, 6.45) is 5.39. The second kappa shape index (κ2) is 7.13. The third-order valence-electron chi connectivity index (χ3n) is 3.87. The van der Waals surface area contributed by atoms with Crippen LogP contribution in [0.2, 0.25) is 0 Å². The number of aromatic nitrogens is 2. The monoisotopic (exact) mass is 319 g/mol. The highest BCUT2D eigenvalue weighted by Gasteiger charge is 2.09. The molecule has 0 saturated heterocycles. The molecule has 24 heavy (non-hydrogen) atoms. The molecule has 3 rings (SSSR count). The van der Waals surface area contributed by atoms with Crippen LogP contribution in [-0.2, 0) is 0 Å². The number of rotatable bonds is 5. The highest BCUT2D eigenvalue weighted by molar-refractivity contribution is 5.84. The smallest absolute Gasteiger partial charge is 0.119 e. The van der Waals surface area contributed by atoms with Gasteiger partial charge in [-0.3, -0.25) is 9.98 Å². The SMILES string of the molecule is CCOc1ccc(-n2c(C)cc(C=Nc3cccnc3)c2C)cc1. The zero-order valence-corrected chi connectivity index (χ0v) is 14.2. The van der Waals surface area contributed by atoms with E-state index in [1.165, 1.54) is 5.69 Å². The predicted octanol–water partition coefficient (Wildman–Crippen LogP) is 4.64. The standard InChI is InChI=1S/C20H21N3O/c1-4-24-20-9-7-19(8-10-20)23-15(2)12-17(16(23)3)13-22-18-6-5-11-21-14-18/h5-14H,4H2,1-3H3. The number of aliphatic imine (C=N–C) groups is 1. The molecule has 0 N–H and O–H groups in total. The first-order valence-electron chi connectivity index (χ1n) is 8.05. The van der Waals surface area contributed by atoms with Crippen LogP contribution in [0, 0.1) is 13.8 Å². The van der Waals surface area contributed by atoms with Gasteiger partial charge in [0.05, 0.1) is 18.5 Å². The fraction of sp³-hybridized carbons (Fsp3) is 0.200. The fourth-order valence-electron chi connectivity index (χ4n) is 2.75. The number of benzene rings is 1. The number of hydrogen-bond donors (Lipinski definition) is 0. The van der Waals surface area contributed by atoms with Gasteiger partial charge in [-0.25, -0.2) is 0 Å². The van der Waals surface area contributed by atoms with Crippen molar-refractivity contribution in [1.82, 2.24) is 9.55 Å². The van der Waals surface area contributed by atoms with Gasteiger partial charge in [-0.2, -0.15) is 0 Å². The lowest BCUT2D eigenvalue weighted by Crippen LogP contribution is -2.00. The lowest BCUT2D eigenvalue weighted by molar-refractivity contribution is 0.340. The molecule has 0 atom stereocenters. The van der Waals surface area contributed by atoms with E-state index in [1.54, 1.807) is 12.4 Å². The van der Waals surface area contributed by atoms with Gasteiger partial charge in [0.15, 0.2) is 0 Å². The molecule has 0 aliphatic carbocycles. The van der Waals surface area contributed by atoms with Crippen molar-refractivity contribution in [2.75, 3.05) is 6.61 Å². The topological polar surface area (TPSA) is 39.4 Å². The summed E-state index contributed by atoms with van der Waals surface area (Å²) in [5.74, 6) is 0.891. The Morgan fingerprint density at radius 3 is 2.62 bits per heavy atom. The summed E-state index contributed by atoms with van der Waals surface area (Å²) >= 11 is 0. The first-order chi connectivity index (χ1) is 11.7. The van der Waals surface area contributed by atoms with Gasteiger partial charge in [0.1, 0.15) is 5.75 Å². The summed E-state index contributed by atoms with van der Waals surface area (Å²) in [6, 6.07) is 14.1. The van der Waals surface area contributed by atoms with Crippen molar-refractivity contribution in [2.45, 2.75) is 20.8 Å². The van der Waals surface area contributed by atoms with Crippen molar-refractivity contribution in [2.24, 2.45) is 4.99 Å². The van der Waals surface area contributed by atoms with E-state index in [2.05, 4.69) is 46.6 Å². The molecule has 0 amide bonds. The quantitative estimate of drug-likeness (QED) is 0.643. The maximum absolute atomic E-state index is 5.51. The average molecular weight is 319 g/mol. The zero-order chi connectivity index (χ0) is 16.9. The van der Waals surface area contributed by atoms with Crippen LogP contribution in [0.3, 0.4) is 0 Å². The molecule has 0 aliphatic heterocycles. The molecule has 122 valence electrons. The van der Waals surface area contributed by atoms with Crippen LogP contribution in [-0.4, -0.2) is 22.4 Å². The molecule has 1 aromatic carbocycles. The molecule has 2 heterocycles. The molecule has 0 spiro atoms. The Bertz CT molecular complexity index is 833. The molecule has 0 bridgehead atoms. The van der Waals surface area contributed by atoms with Crippen LogP contribution in [0.1, 0.15) is 23.9 Å². The predicted molar refractivity (Wildman–Crippen MR) is 97.9 cm³/mol. The van der Waals surface area contributed by atoms with Crippen molar-refractivity contribution < 1.29 is 4.74 Å². The zero-order valence-electron chi connectivity index (χ0n) is 14.2. The van der Waals surface area contributed by atoms with Crippen LogP contribution in [0.15, 0.2) is 59.9 Å². The van der Waals surface area contributed by atoms with Gasteiger partial charge in [-0.15, -0.1) is 0 Å². The minimum Gasteiger partial charge on any atom is -0.494 e. The van der Waals surface area contributed by atoms with Gasteiger partial charge in [-0.05, 0) is 63.2 Å². The van der Waals surface area contributed by atoms with Crippen molar-refractivity contribution in [3.8, 4) is 11.4 Å². The Hall–Kier alpha value is -2.88. The van der Waals surface area contributed by atoms with Crippen molar-refractivity contribution in [3.63, 3.8) is 0 Å². The van der Waals surface area contributed by atoms with Crippen LogP contribution in [0.25, 0.3) is 5.69 Å². The molecule has 0 unspecified atom stereocenters. The van der Waals surface area contributed by atoms with Crippen LogP contribution < -0.4 is 4.74 Å². The average Bonchev–Trinajstić information content (AvgIpc) is 2.89. The number of ether oxygens (including phenoxy) is 1. The second-order valence-corrected chi connectivity index (χ2v) is 5.56. The summed E-state index contributed by atoms with van der Waals surface area (Å²) in [5, 5.41) is 0. The van der Waals surface area contributed by atoms with Gasteiger partial charge >= 0.3 is 0 Å². The van der Waals surface area contributed by atoms with E-state index < -0.39 is 0 Å². The van der Waals surface area contributed by atoms with Crippen LogP contribution >= 0.6 is 0 Å². The number of hydrogen-bond acceptors (Lipinski definition) is 3. The Morgan fingerprint density at radius 2 is 1.96 bits per heavy atom. The third-order valence-corrected chi connectivity index (χ3v) is 3.87. The van der Waals surface area contributed by atoms with E-state index >= 15 is 0 Å². The Kier molecular flexibility index (Phi) is 4.75. The van der Waals surface area contributed by atoms with E-state index in [-0.39, 0.29) is 0 Å². The molecule has 3 aromatic rings. The van der Waals surface area contributed by atoms with E-state index in [1.807, 2.05) is 37.4 Å². The van der Waals surface area contributed by atoms with Gasteiger partial charge in [0.25, 0.3) is 0 Å². The summed E-state index contributed by atoms with van der Waals surface area (Å²) in [7, 11) is 0. The fourth-order valence-corrected chi connectivity index (χ4v) is 2.75. The van der Waals surface area contributed by atoms with Gasteiger partial charge < -0.3 is 9.30 Å². The van der Waals surface area contributed by atoms with Gasteiger partial charge in [-0.1, -0.05) is 0 Å². The van der Waals surface area contributed by atoms with Crippen LogP contribution in [0.4, 0.5) is 5.69 Å². The number of nitrogens with zero attached hydrogens (tertiary/aromatic N) is 3. The Balaban J connectivity index is 1.90. The van der Waals surface area contributed by atoms with Crippen molar-refractivity contribution in [3.05, 3.63) is 71.8 Å². The first-order valence-corrected chi connectivity index (χ1v) is 8.05. The maximum Gasteiger partial charge on any atom is 0.119 e. The first kappa shape index (κ1) is 16.0. The van der Waals surface area contributed by atoms with E-state index in [9.17, 15) is 0 Å².